The van der Waals surface area contributed by atoms with Gasteiger partial charge in [0.25, 0.3) is 0 Å². The lowest BCUT2D eigenvalue weighted by Gasteiger charge is -2.14. The van der Waals surface area contributed by atoms with Crippen molar-refractivity contribution in [2.45, 2.75) is 33.3 Å². The number of rotatable bonds is 9. The number of aliphatic hydroxyl groups excluding tert-OH is 1. The molecular formula is C16H26N2O3. The SMILES string of the molecule is CCCNC(=O)CNCC(O)COc1ccc(C)cc1C. The van der Waals surface area contributed by atoms with Crippen molar-refractivity contribution >= 4 is 5.91 Å². The number of hydrogen-bond acceptors (Lipinski definition) is 4. The first-order valence-corrected chi connectivity index (χ1v) is 7.38. The summed E-state index contributed by atoms with van der Waals surface area (Å²) in [7, 11) is 0. The van der Waals surface area contributed by atoms with Gasteiger partial charge in [-0.2, -0.15) is 0 Å². The van der Waals surface area contributed by atoms with Gasteiger partial charge < -0.3 is 20.5 Å². The highest BCUT2D eigenvalue weighted by molar-refractivity contribution is 5.77. The first-order chi connectivity index (χ1) is 10.0. The maximum absolute atomic E-state index is 11.4. The Morgan fingerprint density at radius 3 is 2.81 bits per heavy atom. The average molecular weight is 294 g/mol. The van der Waals surface area contributed by atoms with Crippen LogP contribution in [0.5, 0.6) is 5.75 Å². The summed E-state index contributed by atoms with van der Waals surface area (Å²) in [5.74, 6) is 0.722. The van der Waals surface area contributed by atoms with E-state index in [1.807, 2.05) is 39.0 Å². The molecule has 0 heterocycles. The molecule has 0 spiro atoms. The number of amides is 1. The summed E-state index contributed by atoms with van der Waals surface area (Å²) < 4.78 is 5.59. The molecule has 1 rings (SSSR count). The Balaban J connectivity index is 2.22. The van der Waals surface area contributed by atoms with E-state index in [-0.39, 0.29) is 19.1 Å². The monoisotopic (exact) mass is 294 g/mol. The standard InChI is InChI=1S/C16H26N2O3/c1-4-7-18-16(20)10-17-9-14(19)11-21-15-6-5-12(2)8-13(15)3/h5-6,8,14,17,19H,4,7,9-11H2,1-3H3,(H,18,20). The van der Waals surface area contributed by atoms with Crippen molar-refractivity contribution < 1.29 is 14.6 Å². The molecule has 1 aromatic rings. The minimum atomic E-state index is -0.648. The van der Waals surface area contributed by atoms with Crippen LogP contribution >= 0.6 is 0 Å². The maximum Gasteiger partial charge on any atom is 0.233 e. The van der Waals surface area contributed by atoms with Gasteiger partial charge in [0.15, 0.2) is 0 Å². The summed E-state index contributed by atoms with van der Waals surface area (Å²) in [6.45, 7) is 7.42. The van der Waals surface area contributed by atoms with E-state index in [0.717, 1.165) is 17.7 Å². The highest BCUT2D eigenvalue weighted by Gasteiger charge is 2.08. The van der Waals surface area contributed by atoms with Crippen LogP contribution < -0.4 is 15.4 Å². The fraction of sp³-hybridized carbons (Fsp3) is 0.562. The van der Waals surface area contributed by atoms with E-state index in [1.54, 1.807) is 0 Å². The van der Waals surface area contributed by atoms with Crippen molar-refractivity contribution in [2.24, 2.45) is 0 Å². The Kier molecular flexibility index (Phi) is 7.79. The van der Waals surface area contributed by atoms with Gasteiger partial charge in [-0.25, -0.2) is 0 Å². The molecule has 5 heteroatoms. The predicted octanol–water partition coefficient (Wildman–Crippen LogP) is 1.16. The minimum absolute atomic E-state index is 0.0562. The molecule has 0 saturated heterocycles. The number of hydrogen-bond donors (Lipinski definition) is 3. The fourth-order valence-electron chi connectivity index (χ4n) is 1.89. The normalized spacial score (nSPS) is 12.0. The molecule has 0 aliphatic rings. The molecule has 21 heavy (non-hydrogen) atoms. The second kappa shape index (κ2) is 9.37. The molecule has 0 bridgehead atoms. The van der Waals surface area contributed by atoms with Gasteiger partial charge in [-0.1, -0.05) is 24.6 Å². The van der Waals surface area contributed by atoms with Crippen LogP contribution in [0.1, 0.15) is 24.5 Å². The van der Waals surface area contributed by atoms with Crippen LogP contribution in [-0.2, 0) is 4.79 Å². The molecule has 1 amide bonds. The largest absolute Gasteiger partial charge is 0.491 e. The number of carbonyl (C=O) groups excluding carboxylic acids is 1. The molecule has 0 aromatic heterocycles. The van der Waals surface area contributed by atoms with E-state index in [2.05, 4.69) is 10.6 Å². The lowest BCUT2D eigenvalue weighted by Crippen LogP contribution is -2.39. The highest BCUT2D eigenvalue weighted by Crippen LogP contribution is 2.18. The molecular weight excluding hydrogens is 268 g/mol. The van der Waals surface area contributed by atoms with Crippen molar-refractivity contribution in [3.05, 3.63) is 29.3 Å². The van der Waals surface area contributed by atoms with Gasteiger partial charge in [0, 0.05) is 13.1 Å². The molecule has 0 aliphatic carbocycles. The molecule has 1 unspecified atom stereocenters. The number of carbonyl (C=O) groups is 1. The van der Waals surface area contributed by atoms with Gasteiger partial charge in [-0.05, 0) is 31.9 Å². The Labute approximate surface area is 126 Å². The van der Waals surface area contributed by atoms with E-state index in [9.17, 15) is 9.90 Å². The minimum Gasteiger partial charge on any atom is -0.491 e. The van der Waals surface area contributed by atoms with Crippen molar-refractivity contribution in [3.8, 4) is 5.75 Å². The number of ether oxygens (including phenoxy) is 1. The van der Waals surface area contributed by atoms with Crippen LogP contribution in [0.25, 0.3) is 0 Å². The van der Waals surface area contributed by atoms with E-state index in [0.29, 0.717) is 13.1 Å². The van der Waals surface area contributed by atoms with Crippen LogP contribution in [0, 0.1) is 13.8 Å². The van der Waals surface area contributed by atoms with Crippen molar-refractivity contribution in [2.75, 3.05) is 26.2 Å². The third-order valence-corrected chi connectivity index (χ3v) is 3.00. The number of aryl methyl sites for hydroxylation is 2. The van der Waals surface area contributed by atoms with Crippen LogP contribution in [0.15, 0.2) is 18.2 Å². The average Bonchev–Trinajstić information content (AvgIpc) is 2.44. The zero-order valence-electron chi connectivity index (χ0n) is 13.1. The van der Waals surface area contributed by atoms with Crippen LogP contribution in [-0.4, -0.2) is 43.4 Å². The predicted molar refractivity (Wildman–Crippen MR) is 83.6 cm³/mol. The van der Waals surface area contributed by atoms with Gasteiger partial charge in [0.1, 0.15) is 18.5 Å². The Morgan fingerprint density at radius 1 is 1.38 bits per heavy atom. The summed E-state index contributed by atoms with van der Waals surface area (Å²) in [4.78, 5) is 11.4. The topological polar surface area (TPSA) is 70.6 Å². The van der Waals surface area contributed by atoms with Gasteiger partial charge in [-0.15, -0.1) is 0 Å². The lowest BCUT2D eigenvalue weighted by molar-refractivity contribution is -0.120. The first-order valence-electron chi connectivity index (χ1n) is 7.38. The summed E-state index contributed by atoms with van der Waals surface area (Å²) in [5, 5.41) is 15.5. The molecule has 3 N–H and O–H groups in total. The molecule has 1 aromatic carbocycles. The van der Waals surface area contributed by atoms with Gasteiger partial charge >= 0.3 is 0 Å². The summed E-state index contributed by atoms with van der Waals surface area (Å²) in [5.41, 5.74) is 2.23. The van der Waals surface area contributed by atoms with Crippen LogP contribution in [0.2, 0.25) is 0 Å². The summed E-state index contributed by atoms with van der Waals surface area (Å²) in [6, 6.07) is 5.92. The van der Waals surface area contributed by atoms with Crippen molar-refractivity contribution in [1.29, 1.82) is 0 Å². The zero-order valence-corrected chi connectivity index (χ0v) is 13.1. The number of nitrogens with one attached hydrogen (secondary N) is 2. The number of benzene rings is 1. The van der Waals surface area contributed by atoms with E-state index in [1.165, 1.54) is 5.56 Å². The van der Waals surface area contributed by atoms with Gasteiger partial charge in [0.2, 0.25) is 5.91 Å². The summed E-state index contributed by atoms with van der Waals surface area (Å²) in [6.07, 6.45) is 0.266. The quantitative estimate of drug-likeness (QED) is 0.639. The third kappa shape index (κ3) is 7.11. The maximum atomic E-state index is 11.4. The van der Waals surface area contributed by atoms with E-state index in [4.69, 9.17) is 4.74 Å². The van der Waals surface area contributed by atoms with E-state index >= 15 is 0 Å². The van der Waals surface area contributed by atoms with Crippen LogP contribution in [0.3, 0.4) is 0 Å². The van der Waals surface area contributed by atoms with E-state index < -0.39 is 6.10 Å². The third-order valence-electron chi connectivity index (χ3n) is 3.00. The molecule has 0 radical (unpaired) electrons. The molecule has 0 aliphatic heterocycles. The number of aliphatic hydroxyl groups is 1. The fourth-order valence-corrected chi connectivity index (χ4v) is 1.89. The second-order valence-corrected chi connectivity index (χ2v) is 5.21. The Morgan fingerprint density at radius 2 is 2.14 bits per heavy atom. The van der Waals surface area contributed by atoms with Crippen LogP contribution in [0.4, 0.5) is 0 Å². The van der Waals surface area contributed by atoms with Crippen molar-refractivity contribution in [3.63, 3.8) is 0 Å². The smallest absolute Gasteiger partial charge is 0.233 e. The molecule has 0 fully saturated rings. The summed E-state index contributed by atoms with van der Waals surface area (Å²) >= 11 is 0. The molecule has 118 valence electrons. The lowest BCUT2D eigenvalue weighted by atomic mass is 10.1. The first kappa shape index (κ1) is 17.5. The second-order valence-electron chi connectivity index (χ2n) is 5.21. The Bertz CT molecular complexity index is 449. The van der Waals surface area contributed by atoms with Gasteiger partial charge in [-0.3, -0.25) is 4.79 Å². The molecule has 1 atom stereocenters. The molecule has 5 nitrogen and oxygen atoms in total. The Hall–Kier alpha value is -1.59. The van der Waals surface area contributed by atoms with Gasteiger partial charge in [0.05, 0.1) is 6.54 Å². The highest BCUT2D eigenvalue weighted by atomic mass is 16.5. The zero-order chi connectivity index (χ0) is 15.7. The van der Waals surface area contributed by atoms with Crippen molar-refractivity contribution in [1.82, 2.24) is 10.6 Å². The molecule has 0 saturated carbocycles.